The van der Waals surface area contributed by atoms with Crippen LogP contribution in [0.15, 0.2) is 0 Å². The summed E-state index contributed by atoms with van der Waals surface area (Å²) >= 11 is 0. The van der Waals surface area contributed by atoms with E-state index in [-0.39, 0.29) is 11.8 Å². The molecule has 2 amide bonds. The predicted octanol–water partition coefficient (Wildman–Crippen LogP) is 1.24. The van der Waals surface area contributed by atoms with Crippen molar-refractivity contribution in [3.8, 4) is 0 Å². The molecule has 0 spiro atoms. The van der Waals surface area contributed by atoms with E-state index >= 15 is 0 Å². The first-order valence-electron chi connectivity index (χ1n) is 8.35. The lowest BCUT2D eigenvalue weighted by atomic mass is 9.98. The van der Waals surface area contributed by atoms with Crippen molar-refractivity contribution in [3.05, 3.63) is 0 Å². The summed E-state index contributed by atoms with van der Waals surface area (Å²) in [5, 5.41) is 3.01. The van der Waals surface area contributed by atoms with E-state index in [1.165, 1.54) is 12.8 Å². The fraction of sp³-hybridized carbons (Fsp3) is 0.875. The first-order chi connectivity index (χ1) is 10.1. The van der Waals surface area contributed by atoms with Gasteiger partial charge in [0.25, 0.3) is 0 Å². The third kappa shape index (κ3) is 4.99. The van der Waals surface area contributed by atoms with Crippen LogP contribution in [0.1, 0.15) is 46.0 Å². The number of rotatable bonds is 6. The number of hydrogen-bond donors (Lipinski definition) is 1. The predicted molar refractivity (Wildman–Crippen MR) is 82.9 cm³/mol. The van der Waals surface area contributed by atoms with Crippen LogP contribution >= 0.6 is 0 Å². The summed E-state index contributed by atoms with van der Waals surface area (Å²) < 4.78 is 0. The molecule has 2 fully saturated rings. The summed E-state index contributed by atoms with van der Waals surface area (Å²) in [6.07, 6.45) is 4.52. The fourth-order valence-electron chi connectivity index (χ4n) is 3.13. The average molecular weight is 295 g/mol. The quantitative estimate of drug-likeness (QED) is 0.802. The highest BCUT2D eigenvalue weighted by atomic mass is 16.2. The maximum absolute atomic E-state index is 11.9. The minimum atomic E-state index is 0.0620. The molecule has 0 aromatic carbocycles. The van der Waals surface area contributed by atoms with Gasteiger partial charge in [0.05, 0.1) is 0 Å². The Morgan fingerprint density at radius 2 is 2.05 bits per heavy atom. The molecule has 0 aromatic heterocycles. The number of carbonyl (C=O) groups is 2. The molecular formula is C16H29N3O2. The van der Waals surface area contributed by atoms with Gasteiger partial charge in [0.2, 0.25) is 11.8 Å². The SMILES string of the molecule is CC1CCN(C(C)CNC(=O)CCN2CCCC2=O)CC1. The maximum Gasteiger partial charge on any atom is 0.222 e. The van der Waals surface area contributed by atoms with E-state index in [1.54, 1.807) is 4.90 Å². The first-order valence-corrected chi connectivity index (χ1v) is 8.35. The second-order valence-electron chi connectivity index (χ2n) is 6.61. The molecular weight excluding hydrogens is 266 g/mol. The van der Waals surface area contributed by atoms with E-state index < -0.39 is 0 Å². The lowest BCUT2D eigenvalue weighted by molar-refractivity contribution is -0.128. The van der Waals surface area contributed by atoms with Gasteiger partial charge < -0.3 is 10.2 Å². The Morgan fingerprint density at radius 3 is 2.67 bits per heavy atom. The van der Waals surface area contributed by atoms with E-state index in [9.17, 15) is 9.59 Å². The summed E-state index contributed by atoms with van der Waals surface area (Å²) in [7, 11) is 0. The molecule has 0 bridgehead atoms. The number of nitrogens with one attached hydrogen (secondary N) is 1. The molecule has 21 heavy (non-hydrogen) atoms. The zero-order chi connectivity index (χ0) is 15.2. The molecule has 1 unspecified atom stereocenters. The van der Waals surface area contributed by atoms with Gasteiger partial charge in [-0.3, -0.25) is 14.5 Å². The summed E-state index contributed by atoms with van der Waals surface area (Å²) in [5.74, 6) is 1.09. The summed E-state index contributed by atoms with van der Waals surface area (Å²) in [5.41, 5.74) is 0. The fourth-order valence-corrected chi connectivity index (χ4v) is 3.13. The second kappa shape index (κ2) is 7.78. The van der Waals surface area contributed by atoms with Gasteiger partial charge in [-0.05, 0) is 45.2 Å². The molecule has 2 saturated heterocycles. The van der Waals surface area contributed by atoms with Crippen molar-refractivity contribution >= 4 is 11.8 Å². The van der Waals surface area contributed by atoms with Crippen LogP contribution in [0.25, 0.3) is 0 Å². The lowest BCUT2D eigenvalue weighted by Gasteiger charge is -2.35. The Balaban J connectivity index is 1.60. The third-order valence-corrected chi connectivity index (χ3v) is 4.82. The van der Waals surface area contributed by atoms with Crippen LogP contribution in [-0.4, -0.2) is 60.4 Å². The molecule has 5 nitrogen and oxygen atoms in total. The second-order valence-corrected chi connectivity index (χ2v) is 6.61. The van der Waals surface area contributed by atoms with Gasteiger partial charge in [-0.15, -0.1) is 0 Å². The molecule has 120 valence electrons. The summed E-state index contributed by atoms with van der Waals surface area (Å²) in [6, 6.07) is 0.398. The highest BCUT2D eigenvalue weighted by molar-refractivity contribution is 5.80. The molecule has 0 saturated carbocycles. The summed E-state index contributed by atoms with van der Waals surface area (Å²) in [6.45, 7) is 8.86. The maximum atomic E-state index is 11.9. The zero-order valence-corrected chi connectivity index (χ0v) is 13.4. The van der Waals surface area contributed by atoms with E-state index in [1.807, 2.05) is 0 Å². The van der Waals surface area contributed by atoms with Crippen LogP contribution in [0.3, 0.4) is 0 Å². The number of carbonyl (C=O) groups excluding carboxylic acids is 2. The highest BCUT2D eigenvalue weighted by Crippen LogP contribution is 2.17. The Kier molecular flexibility index (Phi) is 6.03. The number of likely N-dealkylation sites (tertiary alicyclic amines) is 2. The van der Waals surface area contributed by atoms with Gasteiger partial charge in [-0.1, -0.05) is 6.92 Å². The van der Waals surface area contributed by atoms with Gasteiger partial charge in [-0.25, -0.2) is 0 Å². The molecule has 2 aliphatic rings. The molecule has 5 heteroatoms. The largest absolute Gasteiger partial charge is 0.354 e. The van der Waals surface area contributed by atoms with E-state index in [2.05, 4.69) is 24.1 Å². The molecule has 1 N–H and O–H groups in total. The monoisotopic (exact) mass is 295 g/mol. The number of hydrogen-bond acceptors (Lipinski definition) is 3. The van der Waals surface area contributed by atoms with Crippen LogP contribution in [0.2, 0.25) is 0 Å². The minimum absolute atomic E-state index is 0.0620. The Labute approximate surface area is 128 Å². The van der Waals surface area contributed by atoms with E-state index in [4.69, 9.17) is 0 Å². The highest BCUT2D eigenvalue weighted by Gasteiger charge is 2.22. The van der Waals surface area contributed by atoms with Crippen molar-refractivity contribution < 1.29 is 9.59 Å². The van der Waals surface area contributed by atoms with Gasteiger partial charge in [-0.2, -0.15) is 0 Å². The van der Waals surface area contributed by atoms with Crippen molar-refractivity contribution in [1.82, 2.24) is 15.1 Å². The Morgan fingerprint density at radius 1 is 1.33 bits per heavy atom. The molecule has 0 aromatic rings. The number of nitrogens with zero attached hydrogens (tertiary/aromatic N) is 2. The van der Waals surface area contributed by atoms with Crippen molar-refractivity contribution in [3.63, 3.8) is 0 Å². The molecule has 0 radical (unpaired) electrons. The van der Waals surface area contributed by atoms with Crippen molar-refractivity contribution in [2.24, 2.45) is 5.92 Å². The minimum Gasteiger partial charge on any atom is -0.354 e. The molecule has 2 aliphatic heterocycles. The van der Waals surface area contributed by atoms with E-state index in [0.717, 1.165) is 32.0 Å². The standard InChI is InChI=1S/C16H29N3O2/c1-13-5-9-18(10-6-13)14(2)12-17-15(20)7-11-19-8-3-4-16(19)21/h13-14H,3-12H2,1-2H3,(H,17,20). The average Bonchev–Trinajstić information content (AvgIpc) is 2.88. The van der Waals surface area contributed by atoms with Crippen LogP contribution < -0.4 is 5.32 Å². The molecule has 2 rings (SSSR count). The van der Waals surface area contributed by atoms with Crippen LogP contribution in [0.5, 0.6) is 0 Å². The molecule has 2 heterocycles. The number of piperidine rings is 1. The normalized spacial score (nSPS) is 22.6. The number of amides is 2. The smallest absolute Gasteiger partial charge is 0.222 e. The molecule has 0 aliphatic carbocycles. The van der Waals surface area contributed by atoms with Crippen molar-refractivity contribution in [2.45, 2.75) is 52.0 Å². The molecule has 1 atom stereocenters. The van der Waals surface area contributed by atoms with Crippen LogP contribution in [0, 0.1) is 5.92 Å². The van der Waals surface area contributed by atoms with Crippen LogP contribution in [-0.2, 0) is 9.59 Å². The lowest BCUT2D eigenvalue weighted by Crippen LogP contribution is -2.45. The van der Waals surface area contributed by atoms with Crippen molar-refractivity contribution in [1.29, 1.82) is 0 Å². The third-order valence-electron chi connectivity index (χ3n) is 4.82. The van der Waals surface area contributed by atoms with Gasteiger partial charge >= 0.3 is 0 Å². The van der Waals surface area contributed by atoms with Crippen LogP contribution in [0.4, 0.5) is 0 Å². The zero-order valence-electron chi connectivity index (χ0n) is 13.4. The topological polar surface area (TPSA) is 52.7 Å². The van der Waals surface area contributed by atoms with E-state index in [0.29, 0.717) is 32.0 Å². The Hall–Kier alpha value is -1.10. The summed E-state index contributed by atoms with van der Waals surface area (Å²) in [4.78, 5) is 27.6. The Bertz CT molecular complexity index is 365. The van der Waals surface area contributed by atoms with Gasteiger partial charge in [0, 0.05) is 38.5 Å². The first kappa shape index (κ1) is 16.3. The van der Waals surface area contributed by atoms with Gasteiger partial charge in [0.1, 0.15) is 0 Å². The van der Waals surface area contributed by atoms with Gasteiger partial charge in [0.15, 0.2) is 0 Å². The van der Waals surface area contributed by atoms with Crippen molar-refractivity contribution in [2.75, 3.05) is 32.7 Å².